The normalized spacial score (nSPS) is 22.5. The Balaban J connectivity index is 1.65. The molecule has 4 rings (SSSR count). The van der Waals surface area contributed by atoms with Crippen molar-refractivity contribution in [2.45, 2.75) is 37.6 Å². The van der Waals surface area contributed by atoms with Crippen molar-refractivity contribution in [1.82, 2.24) is 10.3 Å². The molecule has 1 aliphatic heterocycles. The van der Waals surface area contributed by atoms with E-state index in [1.165, 1.54) is 55.6 Å². The summed E-state index contributed by atoms with van der Waals surface area (Å²) in [6, 6.07) is 6.73. The Morgan fingerprint density at radius 2 is 2.10 bits per heavy atom. The Morgan fingerprint density at radius 3 is 3.00 bits per heavy atom. The van der Waals surface area contributed by atoms with E-state index in [0.29, 0.717) is 5.54 Å². The number of rotatable bonds is 1. The Labute approximate surface area is 124 Å². The second-order valence-electron chi connectivity index (χ2n) is 6.19. The van der Waals surface area contributed by atoms with E-state index < -0.39 is 0 Å². The van der Waals surface area contributed by atoms with Crippen molar-refractivity contribution in [2.24, 2.45) is 0 Å². The van der Waals surface area contributed by atoms with Gasteiger partial charge in [0, 0.05) is 24.3 Å². The second-order valence-corrected chi connectivity index (χ2v) is 7.08. The van der Waals surface area contributed by atoms with E-state index >= 15 is 0 Å². The van der Waals surface area contributed by atoms with Crippen LogP contribution in [0.25, 0.3) is 10.2 Å². The maximum Gasteiger partial charge on any atom is 0.0813 e. The minimum Gasteiger partial charge on any atom is -0.370 e. The average Bonchev–Trinajstić information content (AvgIpc) is 3.05. The van der Waals surface area contributed by atoms with Crippen LogP contribution in [0.3, 0.4) is 0 Å². The van der Waals surface area contributed by atoms with Crippen molar-refractivity contribution in [2.75, 3.05) is 24.5 Å². The van der Waals surface area contributed by atoms with Crippen molar-refractivity contribution in [3.05, 3.63) is 23.7 Å². The lowest BCUT2D eigenvalue weighted by molar-refractivity contribution is 0.354. The van der Waals surface area contributed by atoms with Crippen LogP contribution in [-0.4, -0.2) is 30.2 Å². The van der Waals surface area contributed by atoms with Gasteiger partial charge < -0.3 is 10.2 Å². The SMILES string of the molecule is c1nc2ccc(N3CCCNC4(CCCC4)C3)cc2s1. The summed E-state index contributed by atoms with van der Waals surface area (Å²) in [5.41, 5.74) is 4.81. The van der Waals surface area contributed by atoms with Crippen LogP contribution in [0.15, 0.2) is 23.7 Å². The second kappa shape index (κ2) is 5.01. The first kappa shape index (κ1) is 12.6. The van der Waals surface area contributed by atoms with Gasteiger partial charge in [0.1, 0.15) is 0 Å². The average molecular weight is 287 g/mol. The number of nitrogens with one attached hydrogen (secondary N) is 1. The van der Waals surface area contributed by atoms with Crippen LogP contribution in [0.4, 0.5) is 5.69 Å². The van der Waals surface area contributed by atoms with E-state index in [4.69, 9.17) is 0 Å². The molecular formula is C16H21N3S. The lowest BCUT2D eigenvalue weighted by Crippen LogP contribution is -2.49. The fourth-order valence-electron chi connectivity index (χ4n) is 3.77. The molecule has 1 N–H and O–H groups in total. The highest BCUT2D eigenvalue weighted by Crippen LogP contribution is 2.34. The molecule has 4 heteroatoms. The molecule has 1 saturated carbocycles. The van der Waals surface area contributed by atoms with E-state index in [9.17, 15) is 0 Å². The maximum absolute atomic E-state index is 4.38. The van der Waals surface area contributed by atoms with Crippen LogP contribution in [0.2, 0.25) is 0 Å². The first-order valence-corrected chi connectivity index (χ1v) is 8.56. The molecule has 2 aliphatic rings. The molecule has 1 aromatic heterocycles. The molecule has 1 saturated heterocycles. The molecule has 0 amide bonds. The van der Waals surface area contributed by atoms with Gasteiger partial charge in [-0.1, -0.05) is 12.8 Å². The van der Waals surface area contributed by atoms with Gasteiger partial charge in [0.05, 0.1) is 15.7 Å². The van der Waals surface area contributed by atoms with Crippen molar-refractivity contribution in [1.29, 1.82) is 0 Å². The Hall–Kier alpha value is -1.13. The Kier molecular flexibility index (Phi) is 3.15. The smallest absolute Gasteiger partial charge is 0.0813 e. The minimum atomic E-state index is 0.374. The minimum absolute atomic E-state index is 0.374. The van der Waals surface area contributed by atoms with Crippen LogP contribution in [0.5, 0.6) is 0 Å². The molecule has 3 nitrogen and oxygen atoms in total. The van der Waals surface area contributed by atoms with Crippen LogP contribution < -0.4 is 10.2 Å². The molecule has 1 aromatic carbocycles. The molecule has 1 aliphatic carbocycles. The van der Waals surface area contributed by atoms with Gasteiger partial charge in [-0.25, -0.2) is 4.98 Å². The first-order chi connectivity index (χ1) is 9.85. The fraction of sp³-hybridized carbons (Fsp3) is 0.562. The molecule has 2 heterocycles. The number of hydrogen-bond acceptors (Lipinski definition) is 4. The summed E-state index contributed by atoms with van der Waals surface area (Å²) in [5, 5.41) is 3.84. The number of anilines is 1. The standard InChI is InChI=1S/C16H21N3S/c1-2-7-16(6-1)11-19(9-3-8-18-16)13-4-5-14-15(10-13)20-12-17-14/h4-5,10,12,18H,1-3,6-9,11H2. The van der Waals surface area contributed by atoms with Crippen molar-refractivity contribution >= 4 is 27.2 Å². The van der Waals surface area contributed by atoms with Crippen molar-refractivity contribution in [3.8, 4) is 0 Å². The molecule has 0 atom stereocenters. The van der Waals surface area contributed by atoms with Crippen molar-refractivity contribution < 1.29 is 0 Å². The largest absolute Gasteiger partial charge is 0.370 e. The van der Waals surface area contributed by atoms with E-state index in [2.05, 4.69) is 33.4 Å². The zero-order valence-corrected chi connectivity index (χ0v) is 12.6. The van der Waals surface area contributed by atoms with Crippen LogP contribution in [-0.2, 0) is 0 Å². The molecule has 0 radical (unpaired) electrons. The third-order valence-electron chi connectivity index (χ3n) is 4.84. The van der Waals surface area contributed by atoms with Crippen LogP contribution in [0.1, 0.15) is 32.1 Å². The van der Waals surface area contributed by atoms with Gasteiger partial charge in [-0.2, -0.15) is 0 Å². The summed E-state index contributed by atoms with van der Waals surface area (Å²) in [6.45, 7) is 3.50. The molecule has 2 aromatic rings. The third-order valence-corrected chi connectivity index (χ3v) is 5.63. The quantitative estimate of drug-likeness (QED) is 0.871. The van der Waals surface area contributed by atoms with E-state index in [0.717, 1.165) is 12.1 Å². The predicted octanol–water partition coefficient (Wildman–Crippen LogP) is 3.41. The van der Waals surface area contributed by atoms with Gasteiger partial charge in [-0.3, -0.25) is 0 Å². The summed E-state index contributed by atoms with van der Waals surface area (Å²) < 4.78 is 1.31. The number of benzene rings is 1. The summed E-state index contributed by atoms with van der Waals surface area (Å²) in [5.74, 6) is 0. The predicted molar refractivity (Wildman–Crippen MR) is 85.7 cm³/mol. The fourth-order valence-corrected chi connectivity index (χ4v) is 4.48. The van der Waals surface area contributed by atoms with Gasteiger partial charge in [0.2, 0.25) is 0 Å². The zero-order valence-electron chi connectivity index (χ0n) is 11.8. The van der Waals surface area contributed by atoms with E-state index in [-0.39, 0.29) is 0 Å². The number of aromatic nitrogens is 1. The number of thiazole rings is 1. The molecule has 0 unspecified atom stereocenters. The summed E-state index contributed by atoms with van der Waals surface area (Å²) in [6.07, 6.45) is 6.69. The summed E-state index contributed by atoms with van der Waals surface area (Å²) in [7, 11) is 0. The Morgan fingerprint density at radius 1 is 1.20 bits per heavy atom. The molecule has 0 bridgehead atoms. The van der Waals surface area contributed by atoms with Crippen molar-refractivity contribution in [3.63, 3.8) is 0 Å². The number of hydrogen-bond donors (Lipinski definition) is 1. The summed E-state index contributed by atoms with van der Waals surface area (Å²) in [4.78, 5) is 6.97. The highest BCUT2D eigenvalue weighted by Gasteiger charge is 2.36. The van der Waals surface area contributed by atoms with Crippen LogP contribution >= 0.6 is 11.3 Å². The molecular weight excluding hydrogens is 266 g/mol. The van der Waals surface area contributed by atoms with E-state index in [1.807, 2.05) is 5.51 Å². The van der Waals surface area contributed by atoms with E-state index in [1.54, 1.807) is 11.3 Å². The van der Waals surface area contributed by atoms with Gasteiger partial charge in [0.25, 0.3) is 0 Å². The first-order valence-electron chi connectivity index (χ1n) is 7.68. The molecule has 2 fully saturated rings. The monoisotopic (exact) mass is 287 g/mol. The van der Waals surface area contributed by atoms with Gasteiger partial charge in [0.15, 0.2) is 0 Å². The Bertz CT molecular complexity index is 601. The van der Waals surface area contributed by atoms with Gasteiger partial charge in [-0.15, -0.1) is 11.3 Å². The number of fused-ring (bicyclic) bond motifs is 1. The highest BCUT2D eigenvalue weighted by atomic mass is 32.1. The van der Waals surface area contributed by atoms with Crippen LogP contribution in [0, 0.1) is 0 Å². The molecule has 1 spiro atoms. The summed E-state index contributed by atoms with van der Waals surface area (Å²) >= 11 is 1.74. The molecule has 106 valence electrons. The molecule has 20 heavy (non-hydrogen) atoms. The highest BCUT2D eigenvalue weighted by molar-refractivity contribution is 7.16. The van der Waals surface area contributed by atoms with Gasteiger partial charge >= 0.3 is 0 Å². The number of nitrogens with zero attached hydrogens (tertiary/aromatic N) is 2. The third kappa shape index (κ3) is 2.21. The maximum atomic E-state index is 4.38. The lowest BCUT2D eigenvalue weighted by Gasteiger charge is -2.34. The van der Waals surface area contributed by atoms with Gasteiger partial charge in [-0.05, 0) is 44.0 Å². The zero-order chi connectivity index (χ0) is 13.4. The lowest BCUT2D eigenvalue weighted by atomic mass is 9.97. The topological polar surface area (TPSA) is 28.2 Å².